The first-order valence-corrected chi connectivity index (χ1v) is 7.26. The average Bonchev–Trinajstić information content (AvgIpc) is 2.48. The number of hydrogen-bond donors (Lipinski definition) is 1. The topological polar surface area (TPSA) is 42.3 Å². The fourth-order valence-corrected chi connectivity index (χ4v) is 2.63. The van der Waals surface area contributed by atoms with Gasteiger partial charge >= 0.3 is 0 Å². The number of anilines is 1. The Morgan fingerprint density at radius 3 is 2.45 bits per heavy atom. The van der Waals surface area contributed by atoms with E-state index in [0.717, 1.165) is 39.0 Å². The van der Waals surface area contributed by atoms with E-state index in [4.69, 9.17) is 0 Å². The molecule has 0 spiro atoms. The molecule has 2 rings (SSSR count). The summed E-state index contributed by atoms with van der Waals surface area (Å²) in [7, 11) is 4.11. The van der Waals surface area contributed by atoms with Gasteiger partial charge in [-0.15, -0.1) is 0 Å². The van der Waals surface area contributed by atoms with Crippen molar-refractivity contribution in [2.75, 3.05) is 45.2 Å². The molecule has 20 heavy (non-hydrogen) atoms. The van der Waals surface area contributed by atoms with Crippen molar-refractivity contribution < 1.29 is 0 Å². The van der Waals surface area contributed by atoms with Gasteiger partial charge in [0.1, 0.15) is 5.54 Å². The Bertz CT molecular complexity index is 441. The second-order valence-corrected chi connectivity index (χ2v) is 5.75. The van der Waals surface area contributed by atoms with Crippen LogP contribution in [-0.2, 0) is 0 Å². The van der Waals surface area contributed by atoms with E-state index in [1.807, 2.05) is 6.07 Å². The summed E-state index contributed by atoms with van der Waals surface area (Å²) in [6, 6.07) is 13.0. The molecule has 1 aromatic rings. The zero-order chi connectivity index (χ0) is 14.4. The van der Waals surface area contributed by atoms with Gasteiger partial charge < -0.3 is 9.80 Å². The Kier molecular flexibility index (Phi) is 4.99. The Balaban J connectivity index is 1.89. The first kappa shape index (κ1) is 14.8. The second-order valence-electron chi connectivity index (χ2n) is 5.75. The molecular formula is C16H24N4. The van der Waals surface area contributed by atoms with Gasteiger partial charge in [0.05, 0.1) is 6.07 Å². The summed E-state index contributed by atoms with van der Waals surface area (Å²) in [5.41, 5.74) is 0.911. The zero-order valence-corrected chi connectivity index (χ0v) is 12.5. The highest BCUT2D eigenvalue weighted by Crippen LogP contribution is 2.25. The van der Waals surface area contributed by atoms with Crippen molar-refractivity contribution >= 4 is 5.69 Å². The van der Waals surface area contributed by atoms with Crippen LogP contribution in [0.3, 0.4) is 0 Å². The maximum absolute atomic E-state index is 9.52. The van der Waals surface area contributed by atoms with Crippen molar-refractivity contribution in [3.8, 4) is 6.07 Å². The molecular weight excluding hydrogens is 248 g/mol. The minimum absolute atomic E-state index is 0.346. The number of para-hydroxylation sites is 1. The van der Waals surface area contributed by atoms with Crippen molar-refractivity contribution in [1.29, 1.82) is 5.26 Å². The van der Waals surface area contributed by atoms with Gasteiger partial charge in [-0.05, 0) is 39.1 Å². The van der Waals surface area contributed by atoms with Crippen LogP contribution in [-0.4, -0.2) is 50.7 Å². The lowest BCUT2D eigenvalue weighted by atomic mass is 9.88. The predicted molar refractivity (Wildman–Crippen MR) is 82.8 cm³/mol. The SMILES string of the molecule is CN(C)CCNC1(C#N)CCN(c2ccccc2)CC1. The summed E-state index contributed by atoms with van der Waals surface area (Å²) in [4.78, 5) is 4.50. The highest BCUT2D eigenvalue weighted by Gasteiger charge is 2.34. The van der Waals surface area contributed by atoms with E-state index in [9.17, 15) is 5.26 Å². The third kappa shape index (κ3) is 3.72. The minimum Gasteiger partial charge on any atom is -0.371 e. The van der Waals surface area contributed by atoms with Gasteiger partial charge in [0.2, 0.25) is 0 Å². The van der Waals surface area contributed by atoms with Gasteiger partial charge in [-0.1, -0.05) is 18.2 Å². The van der Waals surface area contributed by atoms with Crippen LogP contribution in [0.25, 0.3) is 0 Å². The van der Waals surface area contributed by atoms with Gasteiger partial charge in [-0.3, -0.25) is 5.32 Å². The number of hydrogen-bond acceptors (Lipinski definition) is 4. The number of likely N-dealkylation sites (N-methyl/N-ethyl adjacent to an activating group) is 1. The molecule has 0 radical (unpaired) electrons. The summed E-state index contributed by atoms with van der Waals surface area (Å²) < 4.78 is 0. The molecule has 0 unspecified atom stereocenters. The van der Waals surface area contributed by atoms with Crippen molar-refractivity contribution in [2.24, 2.45) is 0 Å². The molecule has 1 aliphatic rings. The van der Waals surface area contributed by atoms with Crippen molar-refractivity contribution in [2.45, 2.75) is 18.4 Å². The largest absolute Gasteiger partial charge is 0.371 e. The fraction of sp³-hybridized carbons (Fsp3) is 0.562. The molecule has 1 saturated heterocycles. The van der Waals surface area contributed by atoms with Gasteiger partial charge in [0, 0.05) is 31.9 Å². The molecule has 4 heteroatoms. The smallest absolute Gasteiger partial charge is 0.110 e. The van der Waals surface area contributed by atoms with Crippen molar-refractivity contribution in [3.63, 3.8) is 0 Å². The lowest BCUT2D eigenvalue weighted by molar-refractivity contribution is 0.307. The number of nitriles is 1. The Labute approximate surface area is 122 Å². The number of nitrogens with one attached hydrogen (secondary N) is 1. The highest BCUT2D eigenvalue weighted by atomic mass is 15.2. The molecule has 1 heterocycles. The summed E-state index contributed by atoms with van der Waals surface area (Å²) in [5.74, 6) is 0. The standard InChI is InChI=1S/C16H24N4/c1-19(2)13-10-18-16(14-17)8-11-20(12-9-16)15-6-4-3-5-7-15/h3-7,18H,8-13H2,1-2H3. The molecule has 0 bridgehead atoms. The first-order valence-electron chi connectivity index (χ1n) is 7.26. The minimum atomic E-state index is -0.346. The van der Waals surface area contributed by atoms with Gasteiger partial charge in [-0.25, -0.2) is 0 Å². The summed E-state index contributed by atoms with van der Waals surface area (Å²) >= 11 is 0. The van der Waals surface area contributed by atoms with E-state index < -0.39 is 0 Å². The van der Waals surface area contributed by atoms with Crippen LogP contribution in [0, 0.1) is 11.3 Å². The van der Waals surface area contributed by atoms with Crippen molar-refractivity contribution in [3.05, 3.63) is 30.3 Å². The number of rotatable bonds is 5. The third-order valence-corrected chi connectivity index (χ3v) is 3.97. The van der Waals surface area contributed by atoms with Crippen LogP contribution in [0.15, 0.2) is 30.3 Å². The van der Waals surface area contributed by atoms with Crippen LogP contribution in [0.2, 0.25) is 0 Å². The van der Waals surface area contributed by atoms with Gasteiger partial charge in [0.15, 0.2) is 0 Å². The quantitative estimate of drug-likeness (QED) is 0.886. The summed E-state index contributed by atoms with van der Waals surface area (Å²) in [5, 5.41) is 13.0. The summed E-state index contributed by atoms with van der Waals surface area (Å²) in [6.45, 7) is 3.71. The highest BCUT2D eigenvalue weighted by molar-refractivity contribution is 5.46. The molecule has 0 atom stereocenters. The monoisotopic (exact) mass is 272 g/mol. The van der Waals surface area contributed by atoms with Crippen LogP contribution in [0.4, 0.5) is 5.69 Å². The first-order chi connectivity index (χ1) is 9.65. The Morgan fingerprint density at radius 1 is 1.25 bits per heavy atom. The molecule has 0 saturated carbocycles. The fourth-order valence-electron chi connectivity index (χ4n) is 2.63. The van der Waals surface area contributed by atoms with E-state index in [0.29, 0.717) is 0 Å². The maximum atomic E-state index is 9.52. The number of nitrogens with zero attached hydrogens (tertiary/aromatic N) is 3. The molecule has 108 valence electrons. The molecule has 4 nitrogen and oxygen atoms in total. The van der Waals surface area contributed by atoms with E-state index >= 15 is 0 Å². The van der Waals surface area contributed by atoms with Crippen molar-refractivity contribution in [1.82, 2.24) is 10.2 Å². The number of benzene rings is 1. The average molecular weight is 272 g/mol. The molecule has 0 amide bonds. The molecule has 1 aliphatic heterocycles. The molecule has 1 aromatic carbocycles. The molecule has 0 aliphatic carbocycles. The summed E-state index contributed by atoms with van der Waals surface area (Å²) in [6.07, 6.45) is 1.76. The Morgan fingerprint density at radius 2 is 1.90 bits per heavy atom. The van der Waals surface area contributed by atoms with E-state index in [1.54, 1.807) is 0 Å². The second kappa shape index (κ2) is 6.74. The normalized spacial score (nSPS) is 18.0. The van der Waals surface area contributed by atoms with Gasteiger partial charge in [-0.2, -0.15) is 5.26 Å². The Hall–Kier alpha value is -1.57. The zero-order valence-electron chi connectivity index (χ0n) is 12.5. The van der Waals surface area contributed by atoms with Crippen LogP contribution >= 0.6 is 0 Å². The maximum Gasteiger partial charge on any atom is 0.110 e. The molecule has 0 aromatic heterocycles. The molecule has 1 N–H and O–H groups in total. The van der Waals surface area contributed by atoms with Crippen LogP contribution in [0.5, 0.6) is 0 Å². The van der Waals surface area contributed by atoms with Crippen LogP contribution < -0.4 is 10.2 Å². The van der Waals surface area contributed by atoms with E-state index in [1.165, 1.54) is 5.69 Å². The van der Waals surface area contributed by atoms with Gasteiger partial charge in [0.25, 0.3) is 0 Å². The lowest BCUT2D eigenvalue weighted by Crippen LogP contribution is -2.53. The van der Waals surface area contributed by atoms with Crippen LogP contribution in [0.1, 0.15) is 12.8 Å². The van der Waals surface area contributed by atoms with E-state index in [-0.39, 0.29) is 5.54 Å². The predicted octanol–water partition coefficient (Wildman–Crippen LogP) is 1.70. The third-order valence-electron chi connectivity index (χ3n) is 3.97. The number of piperidine rings is 1. The molecule has 1 fully saturated rings. The lowest BCUT2D eigenvalue weighted by Gasteiger charge is -2.39. The van der Waals surface area contributed by atoms with E-state index in [2.05, 4.69) is 59.5 Å².